The first kappa shape index (κ1) is 80.1. The summed E-state index contributed by atoms with van der Waals surface area (Å²) >= 11 is 0. The summed E-state index contributed by atoms with van der Waals surface area (Å²) in [6.45, 7) is 54.5. The zero-order valence-electron chi connectivity index (χ0n) is 53.9. The van der Waals surface area contributed by atoms with Crippen molar-refractivity contribution in [3.63, 3.8) is 0 Å². The second-order valence-electron chi connectivity index (χ2n) is 15.6. The largest absolute Gasteiger partial charge is 0.0991 e. The number of aryl methyl sites for hydroxylation is 3. The lowest BCUT2D eigenvalue weighted by atomic mass is 9.95. The highest BCUT2D eigenvalue weighted by Crippen LogP contribution is 2.29. The molecule has 5 aromatic carbocycles. The van der Waals surface area contributed by atoms with Gasteiger partial charge in [0.25, 0.3) is 0 Å². The van der Waals surface area contributed by atoms with Crippen molar-refractivity contribution >= 4 is 22.3 Å². The molecule has 0 heteroatoms. The molecule has 0 unspecified atom stereocenters. The first-order valence-electron chi connectivity index (χ1n) is 29.9. The van der Waals surface area contributed by atoms with Crippen LogP contribution in [0.3, 0.4) is 0 Å². The van der Waals surface area contributed by atoms with Crippen molar-refractivity contribution in [2.24, 2.45) is 0 Å². The molecule has 0 saturated carbocycles. The van der Waals surface area contributed by atoms with Gasteiger partial charge in [-0.1, -0.05) is 355 Å². The number of hydrogen-bond donors (Lipinski definition) is 0. The van der Waals surface area contributed by atoms with Gasteiger partial charge in [-0.15, -0.1) is 0 Å². The summed E-state index contributed by atoms with van der Waals surface area (Å²) in [5, 5.41) is 0. The summed E-state index contributed by atoms with van der Waals surface area (Å²) < 4.78 is 0. The standard InChI is InChI=1S/C28H28.C14H16.C13H14.C9H14.7C2H6/c1-5-11-24(19-18-23(4)27-16-8-6-12-21(27)2)25-14-10-15-26(20-25)28-17-9-7-13-22(28)3;1-3-5-10-13(9-4-2)14-11-7-6-8-12-14;1-11-7-9-13(10-8-11)12-5-3-2-4-6-12;1-4-6-8-9(3)7-5-2;7*1-2/h6-20H,4-5H2,1-3H3;4-12H,2-3H2,1H3;2-3,5,7-10H,4,6H2,1H3;4,6-8H,1,5H2,2-3H3;7*1-2H3/b19-18-,24-11+;10-5-,13-9+;;8-6-,9-7-;;;;;;;. The van der Waals surface area contributed by atoms with E-state index in [-0.39, 0.29) is 0 Å². The molecule has 1 aliphatic carbocycles. The van der Waals surface area contributed by atoms with Gasteiger partial charge in [-0.05, 0) is 133 Å². The van der Waals surface area contributed by atoms with Gasteiger partial charge >= 0.3 is 0 Å². The highest BCUT2D eigenvalue weighted by atomic mass is 14.1. The molecule has 0 aromatic heterocycles. The molecule has 0 heterocycles. The van der Waals surface area contributed by atoms with Crippen molar-refractivity contribution in [2.75, 3.05) is 0 Å². The number of allylic oxidation sites excluding steroid dienone is 19. The third-order valence-electron chi connectivity index (χ3n) is 10.4. The molecule has 5 aromatic rings. The summed E-state index contributed by atoms with van der Waals surface area (Å²) in [6, 6.07) is 44.8. The Morgan fingerprint density at radius 2 is 1.05 bits per heavy atom. The zero-order valence-corrected chi connectivity index (χ0v) is 53.9. The highest BCUT2D eigenvalue weighted by Gasteiger charge is 2.06. The molecule has 0 saturated heterocycles. The predicted octanol–water partition coefficient (Wildman–Crippen LogP) is 26.3. The Kier molecular flexibility index (Phi) is 61.1. The van der Waals surface area contributed by atoms with Gasteiger partial charge < -0.3 is 0 Å². The molecule has 0 N–H and O–H groups in total. The smallest absolute Gasteiger partial charge is 0.0155 e. The van der Waals surface area contributed by atoms with Crippen molar-refractivity contribution in [1.29, 1.82) is 0 Å². The first-order valence-corrected chi connectivity index (χ1v) is 29.9. The zero-order chi connectivity index (χ0) is 60.4. The average Bonchev–Trinajstić information content (AvgIpc) is 3.51. The minimum absolute atomic E-state index is 0.991. The molecule has 0 nitrogen and oxygen atoms in total. The maximum atomic E-state index is 4.27. The molecular formula is C78H114. The van der Waals surface area contributed by atoms with Gasteiger partial charge in [-0.3, -0.25) is 0 Å². The van der Waals surface area contributed by atoms with E-state index in [9.17, 15) is 0 Å². The third kappa shape index (κ3) is 37.1. The van der Waals surface area contributed by atoms with Gasteiger partial charge in [0.05, 0.1) is 0 Å². The van der Waals surface area contributed by atoms with Crippen LogP contribution in [0.4, 0.5) is 0 Å². The molecule has 426 valence electrons. The highest BCUT2D eigenvalue weighted by molar-refractivity contribution is 5.83. The van der Waals surface area contributed by atoms with Crippen molar-refractivity contribution in [1.82, 2.24) is 0 Å². The van der Waals surface area contributed by atoms with Crippen LogP contribution >= 0.6 is 0 Å². The van der Waals surface area contributed by atoms with E-state index >= 15 is 0 Å². The van der Waals surface area contributed by atoms with Crippen LogP contribution in [0.25, 0.3) is 33.4 Å². The number of hydrogen-bond acceptors (Lipinski definition) is 0. The van der Waals surface area contributed by atoms with E-state index in [0.29, 0.717) is 0 Å². The monoisotopic (exact) mass is 1050 g/mol. The molecule has 0 radical (unpaired) electrons. The van der Waals surface area contributed by atoms with Gasteiger partial charge in [0.1, 0.15) is 0 Å². The quantitative estimate of drug-likeness (QED) is 0.0973. The van der Waals surface area contributed by atoms with E-state index in [0.717, 1.165) is 24.8 Å². The van der Waals surface area contributed by atoms with Crippen LogP contribution in [0.2, 0.25) is 0 Å². The summed E-state index contributed by atoms with van der Waals surface area (Å²) in [5.41, 5.74) is 17.7. The lowest BCUT2D eigenvalue weighted by Crippen LogP contribution is -1.87. The van der Waals surface area contributed by atoms with E-state index in [2.05, 4.69) is 238 Å². The lowest BCUT2D eigenvalue weighted by molar-refractivity contribution is 1.05. The van der Waals surface area contributed by atoms with Crippen molar-refractivity contribution in [2.45, 2.75) is 178 Å². The Morgan fingerprint density at radius 1 is 0.500 bits per heavy atom. The van der Waals surface area contributed by atoms with Crippen LogP contribution in [0.5, 0.6) is 0 Å². The van der Waals surface area contributed by atoms with Gasteiger partial charge in [0.15, 0.2) is 0 Å². The Labute approximate surface area is 485 Å². The lowest BCUT2D eigenvalue weighted by Gasteiger charge is -2.10. The van der Waals surface area contributed by atoms with Gasteiger partial charge in [0.2, 0.25) is 0 Å². The Morgan fingerprint density at radius 3 is 1.56 bits per heavy atom. The molecule has 0 amide bonds. The van der Waals surface area contributed by atoms with E-state index in [4.69, 9.17) is 0 Å². The van der Waals surface area contributed by atoms with Crippen LogP contribution in [-0.4, -0.2) is 0 Å². The molecule has 0 fully saturated rings. The summed E-state index contributed by atoms with van der Waals surface area (Å²) in [6.07, 6.45) is 34.8. The fourth-order valence-corrected chi connectivity index (χ4v) is 6.95. The second kappa shape index (κ2) is 59.5. The average molecular weight is 1050 g/mol. The van der Waals surface area contributed by atoms with E-state index < -0.39 is 0 Å². The molecule has 0 bridgehead atoms. The maximum Gasteiger partial charge on any atom is -0.0155 e. The van der Waals surface area contributed by atoms with Crippen molar-refractivity contribution < 1.29 is 0 Å². The number of benzene rings is 5. The third-order valence-corrected chi connectivity index (χ3v) is 10.4. The second-order valence-corrected chi connectivity index (χ2v) is 15.6. The van der Waals surface area contributed by atoms with E-state index in [1.807, 2.05) is 133 Å². The minimum atomic E-state index is 0.991. The van der Waals surface area contributed by atoms with Crippen molar-refractivity contribution in [3.05, 3.63) is 277 Å². The SMILES string of the molecule is C=C(/C=C\C(=C/CC)c1cccc(-c2ccccc2C)c1)c1ccccc1C.C=C/C=C(\C=C/CC)c1ccccc1.C=C/C=C\C(C)=C/CC.CC.CC.CC.CC.CC.CC.CC.Cc1ccc(C2=CC=CCC2)cc1. The normalized spacial score (nSPS) is 10.9. The fourth-order valence-electron chi connectivity index (χ4n) is 6.95. The molecule has 0 spiro atoms. The molecule has 1 aliphatic rings. The van der Waals surface area contributed by atoms with Crippen molar-refractivity contribution in [3.8, 4) is 11.1 Å². The van der Waals surface area contributed by atoms with E-state index in [1.165, 1.54) is 85.2 Å². The summed E-state index contributed by atoms with van der Waals surface area (Å²) in [7, 11) is 0. The van der Waals surface area contributed by atoms with Crippen LogP contribution in [0, 0.1) is 20.8 Å². The maximum absolute atomic E-state index is 4.27. The molecular weight excluding hydrogens is 937 g/mol. The van der Waals surface area contributed by atoms with Crippen LogP contribution in [-0.2, 0) is 0 Å². The Bertz CT molecular complexity index is 2450. The van der Waals surface area contributed by atoms with Gasteiger partial charge in [0, 0.05) is 0 Å². The fraction of sp³-hybridized carbons (Fsp3) is 0.333. The molecule has 78 heavy (non-hydrogen) atoms. The van der Waals surface area contributed by atoms with Crippen LogP contribution in [0.15, 0.2) is 238 Å². The van der Waals surface area contributed by atoms with E-state index in [1.54, 1.807) is 6.08 Å². The van der Waals surface area contributed by atoms with Crippen LogP contribution < -0.4 is 0 Å². The Balaban J connectivity index is -0.000000302. The Hall–Kier alpha value is -6.76. The first-order chi connectivity index (χ1) is 38.1. The van der Waals surface area contributed by atoms with Crippen LogP contribution in [0.1, 0.15) is 196 Å². The predicted molar refractivity (Wildman–Crippen MR) is 369 cm³/mol. The summed E-state index contributed by atoms with van der Waals surface area (Å²) in [5.74, 6) is 0. The van der Waals surface area contributed by atoms with Gasteiger partial charge in [-0.2, -0.15) is 0 Å². The van der Waals surface area contributed by atoms with Gasteiger partial charge in [-0.25, -0.2) is 0 Å². The minimum Gasteiger partial charge on any atom is -0.0991 e. The molecule has 0 aliphatic heterocycles. The topological polar surface area (TPSA) is 0 Å². The molecule has 0 atom stereocenters. The number of rotatable bonds is 14. The molecule has 6 rings (SSSR count). The summed E-state index contributed by atoms with van der Waals surface area (Å²) in [4.78, 5) is 0.